The number of benzene rings is 1. The van der Waals surface area contributed by atoms with Gasteiger partial charge in [-0.05, 0) is 30.0 Å². The number of carboxylic acid groups (broad SMARTS) is 1. The van der Waals surface area contributed by atoms with Gasteiger partial charge in [-0.1, -0.05) is 12.1 Å². The number of rotatable bonds is 3. The number of nitrogens with two attached hydrogens (primary N) is 1. The minimum absolute atomic E-state index is 0.0647. The van der Waals surface area contributed by atoms with Gasteiger partial charge in [0.15, 0.2) is 0 Å². The second-order valence-corrected chi connectivity index (χ2v) is 4.08. The van der Waals surface area contributed by atoms with E-state index in [2.05, 4.69) is 4.98 Å². The molecule has 17 heavy (non-hydrogen) atoms. The van der Waals surface area contributed by atoms with Crippen LogP contribution in [0.25, 0.3) is 10.8 Å². The van der Waals surface area contributed by atoms with Crippen LogP contribution in [0.3, 0.4) is 0 Å². The van der Waals surface area contributed by atoms with Gasteiger partial charge in [0.2, 0.25) is 0 Å². The van der Waals surface area contributed by atoms with Crippen molar-refractivity contribution >= 4 is 16.7 Å². The highest BCUT2D eigenvalue weighted by molar-refractivity contribution is 5.85. The van der Waals surface area contributed by atoms with E-state index in [0.29, 0.717) is 0 Å². The number of hydrogen-bond donors (Lipinski definition) is 2. The Kier molecular flexibility index (Phi) is 3.06. The molecule has 0 saturated carbocycles. The molecule has 2 aromatic rings. The summed E-state index contributed by atoms with van der Waals surface area (Å²) in [4.78, 5) is 14.8. The van der Waals surface area contributed by atoms with Crippen LogP contribution in [0.2, 0.25) is 0 Å². The fourth-order valence-electron chi connectivity index (χ4n) is 1.87. The summed E-state index contributed by atoms with van der Waals surface area (Å²) in [6.45, 7) is 1.93. The van der Waals surface area contributed by atoms with Crippen LogP contribution in [0.1, 0.15) is 23.7 Å². The Morgan fingerprint density at radius 3 is 2.94 bits per heavy atom. The molecule has 0 aliphatic rings. The van der Waals surface area contributed by atoms with E-state index in [-0.39, 0.29) is 6.42 Å². The second-order valence-electron chi connectivity index (χ2n) is 4.08. The van der Waals surface area contributed by atoms with E-state index in [4.69, 9.17) is 10.8 Å². The molecule has 3 N–H and O–H groups in total. The predicted octanol–water partition coefficient (Wildman–Crippen LogP) is 2.02. The number of carbonyl (C=O) groups is 1. The molecule has 1 aromatic carbocycles. The number of fused-ring (bicyclic) bond motifs is 1. The number of pyridine rings is 1. The normalized spacial score (nSPS) is 12.6. The van der Waals surface area contributed by atoms with Crippen molar-refractivity contribution in [2.45, 2.75) is 19.4 Å². The quantitative estimate of drug-likeness (QED) is 0.845. The van der Waals surface area contributed by atoms with Gasteiger partial charge < -0.3 is 10.8 Å². The Bertz CT molecular complexity index is 566. The zero-order valence-electron chi connectivity index (χ0n) is 9.55. The summed E-state index contributed by atoms with van der Waals surface area (Å²) in [5, 5.41) is 10.8. The fourth-order valence-corrected chi connectivity index (χ4v) is 1.87. The van der Waals surface area contributed by atoms with Gasteiger partial charge in [-0.2, -0.15) is 0 Å². The molecular weight excluding hydrogens is 216 g/mol. The van der Waals surface area contributed by atoms with E-state index in [1.807, 2.05) is 31.2 Å². The minimum Gasteiger partial charge on any atom is -0.481 e. The molecule has 0 aliphatic carbocycles. The van der Waals surface area contributed by atoms with Crippen LogP contribution in [0.5, 0.6) is 0 Å². The average molecular weight is 230 g/mol. The molecule has 1 atom stereocenters. The Balaban J connectivity index is 2.43. The summed E-state index contributed by atoms with van der Waals surface area (Å²) in [5.41, 5.74) is 7.59. The lowest BCUT2D eigenvalue weighted by molar-refractivity contribution is -0.137. The maximum Gasteiger partial charge on any atom is 0.305 e. The molecule has 1 unspecified atom stereocenters. The Labute approximate surface area is 99.1 Å². The third kappa shape index (κ3) is 2.42. The Morgan fingerprint density at radius 2 is 2.24 bits per heavy atom. The highest BCUT2D eigenvalue weighted by atomic mass is 16.4. The minimum atomic E-state index is -0.888. The van der Waals surface area contributed by atoms with E-state index in [1.54, 1.807) is 6.20 Å². The van der Waals surface area contributed by atoms with E-state index in [9.17, 15) is 4.79 Å². The molecule has 0 radical (unpaired) electrons. The number of nitrogens with zero attached hydrogens (tertiary/aromatic N) is 1. The van der Waals surface area contributed by atoms with Crippen molar-refractivity contribution in [2.24, 2.45) is 5.73 Å². The third-order valence-corrected chi connectivity index (χ3v) is 2.81. The molecule has 1 aromatic heterocycles. The van der Waals surface area contributed by atoms with Crippen molar-refractivity contribution in [1.82, 2.24) is 4.98 Å². The van der Waals surface area contributed by atoms with Gasteiger partial charge in [0.25, 0.3) is 0 Å². The standard InChI is InChI=1S/C13H14N2O2/c1-8-11-6-10(12(14)7-13(16)17)3-2-9(11)4-5-15-8/h2-6,12H,7,14H2,1H3,(H,16,17). The van der Waals surface area contributed by atoms with Crippen LogP contribution in [-0.2, 0) is 4.79 Å². The van der Waals surface area contributed by atoms with Gasteiger partial charge in [-0.25, -0.2) is 0 Å². The van der Waals surface area contributed by atoms with Crippen LogP contribution in [0.4, 0.5) is 0 Å². The molecule has 0 spiro atoms. The SMILES string of the molecule is Cc1nccc2ccc(C(N)CC(=O)O)cc12. The average Bonchev–Trinajstić information content (AvgIpc) is 2.28. The van der Waals surface area contributed by atoms with Crippen LogP contribution in [-0.4, -0.2) is 16.1 Å². The van der Waals surface area contributed by atoms with Crippen molar-refractivity contribution in [1.29, 1.82) is 0 Å². The third-order valence-electron chi connectivity index (χ3n) is 2.81. The van der Waals surface area contributed by atoms with Crippen LogP contribution >= 0.6 is 0 Å². The molecule has 4 heteroatoms. The van der Waals surface area contributed by atoms with Gasteiger partial charge >= 0.3 is 5.97 Å². The van der Waals surface area contributed by atoms with Crippen LogP contribution in [0.15, 0.2) is 30.5 Å². The highest BCUT2D eigenvalue weighted by Crippen LogP contribution is 2.22. The summed E-state index contributed by atoms with van der Waals surface area (Å²) in [5.74, 6) is -0.888. The maximum atomic E-state index is 10.6. The van der Waals surface area contributed by atoms with Crippen LogP contribution in [0, 0.1) is 6.92 Å². The van der Waals surface area contributed by atoms with Gasteiger partial charge in [-0.15, -0.1) is 0 Å². The van der Waals surface area contributed by atoms with Crippen molar-refractivity contribution in [3.8, 4) is 0 Å². The zero-order valence-corrected chi connectivity index (χ0v) is 9.55. The lowest BCUT2D eigenvalue weighted by Gasteiger charge is -2.11. The van der Waals surface area contributed by atoms with Crippen molar-refractivity contribution in [3.63, 3.8) is 0 Å². The summed E-state index contributed by atoms with van der Waals surface area (Å²) >= 11 is 0. The number of aromatic nitrogens is 1. The van der Waals surface area contributed by atoms with E-state index in [0.717, 1.165) is 22.0 Å². The number of aliphatic carboxylic acids is 1. The first-order valence-corrected chi connectivity index (χ1v) is 5.40. The maximum absolute atomic E-state index is 10.6. The summed E-state index contributed by atoms with van der Waals surface area (Å²) in [6.07, 6.45) is 1.69. The molecule has 0 aliphatic heterocycles. The molecule has 0 amide bonds. The van der Waals surface area contributed by atoms with Gasteiger partial charge in [-0.3, -0.25) is 9.78 Å². The summed E-state index contributed by atoms with van der Waals surface area (Å²) < 4.78 is 0. The first kappa shape index (κ1) is 11.5. The molecule has 1 heterocycles. The van der Waals surface area contributed by atoms with E-state index in [1.165, 1.54) is 0 Å². The van der Waals surface area contributed by atoms with Crippen molar-refractivity contribution in [3.05, 3.63) is 41.7 Å². The molecule has 88 valence electrons. The fraction of sp³-hybridized carbons (Fsp3) is 0.231. The van der Waals surface area contributed by atoms with Gasteiger partial charge in [0.1, 0.15) is 0 Å². The number of hydrogen-bond acceptors (Lipinski definition) is 3. The Hall–Kier alpha value is -1.94. The summed E-state index contributed by atoms with van der Waals surface area (Å²) in [7, 11) is 0. The van der Waals surface area contributed by atoms with E-state index < -0.39 is 12.0 Å². The topological polar surface area (TPSA) is 76.2 Å². The highest BCUT2D eigenvalue weighted by Gasteiger charge is 2.11. The predicted molar refractivity (Wildman–Crippen MR) is 65.7 cm³/mol. The molecule has 0 saturated heterocycles. The number of carboxylic acids is 1. The lowest BCUT2D eigenvalue weighted by atomic mass is 10.0. The molecule has 2 rings (SSSR count). The second kappa shape index (κ2) is 4.51. The zero-order chi connectivity index (χ0) is 12.4. The summed E-state index contributed by atoms with van der Waals surface area (Å²) in [6, 6.07) is 7.19. The molecule has 0 fully saturated rings. The van der Waals surface area contributed by atoms with Gasteiger partial charge in [0, 0.05) is 23.3 Å². The largest absolute Gasteiger partial charge is 0.481 e. The smallest absolute Gasteiger partial charge is 0.305 e. The first-order valence-electron chi connectivity index (χ1n) is 5.40. The van der Waals surface area contributed by atoms with Crippen LogP contribution < -0.4 is 5.73 Å². The monoisotopic (exact) mass is 230 g/mol. The molecular formula is C13H14N2O2. The Morgan fingerprint density at radius 1 is 1.47 bits per heavy atom. The number of aryl methyl sites for hydroxylation is 1. The molecule has 4 nitrogen and oxygen atoms in total. The van der Waals surface area contributed by atoms with Crippen molar-refractivity contribution in [2.75, 3.05) is 0 Å². The van der Waals surface area contributed by atoms with Crippen molar-refractivity contribution < 1.29 is 9.90 Å². The first-order chi connectivity index (χ1) is 8.08. The van der Waals surface area contributed by atoms with E-state index >= 15 is 0 Å². The lowest BCUT2D eigenvalue weighted by Crippen LogP contribution is -2.14. The molecule has 0 bridgehead atoms. The van der Waals surface area contributed by atoms with Gasteiger partial charge in [0.05, 0.1) is 6.42 Å².